The average Bonchev–Trinajstić information content (AvgIpc) is 2.70. The standard InChI is InChI=1S/C20H22N2O5S/c1-27-20(24)16-8-5-9-17(14-16)21-19(23)18(15-6-3-2-4-7-15)22-10-12-28(25,26)13-11-22/h2-9,14,18H,10-13H2,1H3,(H,21,23). The van der Waals surface area contributed by atoms with Gasteiger partial charge in [-0.05, 0) is 23.8 Å². The van der Waals surface area contributed by atoms with Crippen LogP contribution in [0.15, 0.2) is 54.6 Å². The van der Waals surface area contributed by atoms with E-state index in [1.807, 2.05) is 35.2 Å². The number of methoxy groups -OCH3 is 1. The van der Waals surface area contributed by atoms with Gasteiger partial charge in [0, 0.05) is 18.8 Å². The van der Waals surface area contributed by atoms with E-state index < -0.39 is 21.8 Å². The Labute approximate surface area is 164 Å². The molecule has 1 unspecified atom stereocenters. The minimum atomic E-state index is -3.06. The molecule has 0 aliphatic carbocycles. The molecule has 0 saturated carbocycles. The van der Waals surface area contributed by atoms with Gasteiger partial charge in [-0.1, -0.05) is 36.4 Å². The molecule has 0 bridgehead atoms. The largest absolute Gasteiger partial charge is 0.465 e. The summed E-state index contributed by atoms with van der Waals surface area (Å²) in [5, 5.41) is 2.84. The van der Waals surface area contributed by atoms with Crippen molar-refractivity contribution in [3.8, 4) is 0 Å². The van der Waals surface area contributed by atoms with Crippen molar-refractivity contribution in [2.24, 2.45) is 0 Å². The van der Waals surface area contributed by atoms with Crippen LogP contribution in [0.1, 0.15) is 22.0 Å². The number of anilines is 1. The molecular formula is C20H22N2O5S. The van der Waals surface area contributed by atoms with Crippen LogP contribution in [-0.2, 0) is 19.4 Å². The lowest BCUT2D eigenvalue weighted by atomic mass is 10.0. The van der Waals surface area contributed by atoms with Gasteiger partial charge in [0.1, 0.15) is 6.04 Å². The number of sulfone groups is 1. The minimum absolute atomic E-state index is 0.0292. The summed E-state index contributed by atoms with van der Waals surface area (Å²) < 4.78 is 28.3. The van der Waals surface area contributed by atoms with Crippen molar-refractivity contribution in [2.45, 2.75) is 6.04 Å². The van der Waals surface area contributed by atoms with Crippen molar-refractivity contribution < 1.29 is 22.7 Å². The zero-order chi connectivity index (χ0) is 20.1. The van der Waals surface area contributed by atoms with Crippen LogP contribution in [0.4, 0.5) is 5.69 Å². The molecule has 28 heavy (non-hydrogen) atoms. The quantitative estimate of drug-likeness (QED) is 0.768. The van der Waals surface area contributed by atoms with Crippen LogP contribution in [0.5, 0.6) is 0 Å². The molecule has 1 saturated heterocycles. The fourth-order valence-corrected chi connectivity index (χ4v) is 4.43. The average molecular weight is 402 g/mol. The van der Waals surface area contributed by atoms with Gasteiger partial charge in [-0.2, -0.15) is 0 Å². The molecule has 7 nitrogen and oxygen atoms in total. The molecule has 1 atom stereocenters. The molecule has 1 fully saturated rings. The van der Waals surface area contributed by atoms with Crippen molar-refractivity contribution in [1.29, 1.82) is 0 Å². The van der Waals surface area contributed by atoms with E-state index in [1.165, 1.54) is 7.11 Å². The SMILES string of the molecule is COC(=O)c1cccc(NC(=O)C(c2ccccc2)N2CCS(=O)(=O)CC2)c1. The van der Waals surface area contributed by atoms with Crippen LogP contribution in [0.25, 0.3) is 0 Å². The number of nitrogens with one attached hydrogen (secondary N) is 1. The predicted octanol–water partition coefficient (Wildman–Crippen LogP) is 1.88. The summed E-state index contributed by atoms with van der Waals surface area (Å²) in [6.45, 7) is 0.578. The molecule has 0 aromatic heterocycles. The number of ether oxygens (including phenoxy) is 1. The highest BCUT2D eigenvalue weighted by Gasteiger charge is 2.32. The topological polar surface area (TPSA) is 92.8 Å². The number of nitrogens with zero attached hydrogens (tertiary/aromatic N) is 1. The molecule has 0 spiro atoms. The third kappa shape index (κ3) is 4.76. The fraction of sp³-hybridized carbons (Fsp3) is 0.300. The van der Waals surface area contributed by atoms with Crippen LogP contribution in [0.3, 0.4) is 0 Å². The lowest BCUT2D eigenvalue weighted by Gasteiger charge is -2.33. The van der Waals surface area contributed by atoms with E-state index >= 15 is 0 Å². The van der Waals surface area contributed by atoms with E-state index in [-0.39, 0.29) is 30.5 Å². The van der Waals surface area contributed by atoms with Crippen LogP contribution < -0.4 is 5.32 Å². The number of esters is 1. The molecule has 1 amide bonds. The van der Waals surface area contributed by atoms with Crippen molar-refractivity contribution in [3.63, 3.8) is 0 Å². The number of carbonyl (C=O) groups excluding carboxylic acids is 2. The fourth-order valence-electron chi connectivity index (χ4n) is 3.20. The van der Waals surface area contributed by atoms with Crippen molar-refractivity contribution in [1.82, 2.24) is 4.90 Å². The maximum Gasteiger partial charge on any atom is 0.337 e. The number of carbonyl (C=O) groups is 2. The van der Waals surface area contributed by atoms with E-state index in [4.69, 9.17) is 4.74 Å². The van der Waals surface area contributed by atoms with Gasteiger partial charge in [-0.3, -0.25) is 9.69 Å². The van der Waals surface area contributed by atoms with Crippen molar-refractivity contribution in [2.75, 3.05) is 37.0 Å². The zero-order valence-electron chi connectivity index (χ0n) is 15.5. The van der Waals surface area contributed by atoms with E-state index in [1.54, 1.807) is 24.3 Å². The first-order chi connectivity index (χ1) is 13.4. The summed E-state index contributed by atoms with van der Waals surface area (Å²) in [5.41, 5.74) is 1.59. The summed E-state index contributed by atoms with van der Waals surface area (Å²) in [5.74, 6) is -0.715. The Kier molecular flexibility index (Phi) is 6.11. The van der Waals surface area contributed by atoms with Gasteiger partial charge in [0.05, 0.1) is 24.2 Å². The first kappa shape index (κ1) is 20.0. The number of amides is 1. The van der Waals surface area contributed by atoms with Gasteiger partial charge in [-0.25, -0.2) is 13.2 Å². The molecule has 8 heteroatoms. The molecule has 2 aromatic carbocycles. The summed E-state index contributed by atoms with van der Waals surface area (Å²) in [6, 6.07) is 15.1. The Hall–Kier alpha value is -2.71. The normalized spacial score (nSPS) is 17.5. The molecule has 148 valence electrons. The molecule has 1 heterocycles. The lowest BCUT2D eigenvalue weighted by molar-refractivity contribution is -0.121. The Balaban J connectivity index is 1.84. The highest BCUT2D eigenvalue weighted by molar-refractivity contribution is 7.91. The number of benzene rings is 2. The summed E-state index contributed by atoms with van der Waals surface area (Å²) in [4.78, 5) is 26.7. The molecule has 1 aliphatic rings. The van der Waals surface area contributed by atoms with Gasteiger partial charge < -0.3 is 10.1 Å². The summed E-state index contributed by atoms with van der Waals surface area (Å²) in [7, 11) is -1.76. The van der Waals surface area contributed by atoms with Crippen LogP contribution >= 0.6 is 0 Å². The molecule has 2 aromatic rings. The van der Waals surface area contributed by atoms with Crippen LogP contribution in [-0.4, -0.2) is 56.9 Å². The second-order valence-electron chi connectivity index (χ2n) is 6.56. The smallest absolute Gasteiger partial charge is 0.337 e. The lowest BCUT2D eigenvalue weighted by Crippen LogP contribution is -2.46. The van der Waals surface area contributed by atoms with Crippen molar-refractivity contribution in [3.05, 3.63) is 65.7 Å². The third-order valence-corrected chi connectivity index (χ3v) is 6.27. The Morgan fingerprint density at radius 2 is 1.71 bits per heavy atom. The van der Waals surface area contributed by atoms with E-state index in [0.717, 1.165) is 5.56 Å². The minimum Gasteiger partial charge on any atom is -0.465 e. The summed E-state index contributed by atoms with van der Waals surface area (Å²) in [6.07, 6.45) is 0. The number of rotatable bonds is 5. The van der Waals surface area contributed by atoms with Gasteiger partial charge in [0.25, 0.3) is 0 Å². The Bertz CT molecular complexity index is 946. The van der Waals surface area contributed by atoms with E-state index in [9.17, 15) is 18.0 Å². The molecule has 1 N–H and O–H groups in total. The van der Waals surface area contributed by atoms with Gasteiger partial charge >= 0.3 is 5.97 Å². The first-order valence-electron chi connectivity index (χ1n) is 8.88. The van der Waals surface area contributed by atoms with E-state index in [2.05, 4.69) is 5.32 Å². The number of hydrogen-bond acceptors (Lipinski definition) is 6. The van der Waals surface area contributed by atoms with Gasteiger partial charge in [0.15, 0.2) is 9.84 Å². The van der Waals surface area contributed by atoms with Crippen LogP contribution in [0.2, 0.25) is 0 Å². The highest BCUT2D eigenvalue weighted by atomic mass is 32.2. The van der Waals surface area contributed by atoms with Gasteiger partial charge in [-0.15, -0.1) is 0 Å². The second kappa shape index (κ2) is 8.53. The van der Waals surface area contributed by atoms with Crippen LogP contribution in [0, 0.1) is 0 Å². The molecule has 0 radical (unpaired) electrons. The first-order valence-corrected chi connectivity index (χ1v) is 10.7. The Morgan fingerprint density at radius 3 is 2.36 bits per heavy atom. The maximum atomic E-state index is 13.1. The highest BCUT2D eigenvalue weighted by Crippen LogP contribution is 2.25. The zero-order valence-corrected chi connectivity index (χ0v) is 16.3. The summed E-state index contributed by atoms with van der Waals surface area (Å²) >= 11 is 0. The maximum absolute atomic E-state index is 13.1. The molecule has 1 aliphatic heterocycles. The Morgan fingerprint density at radius 1 is 1.04 bits per heavy atom. The second-order valence-corrected chi connectivity index (χ2v) is 8.87. The molecule has 3 rings (SSSR count). The monoisotopic (exact) mass is 402 g/mol. The van der Waals surface area contributed by atoms with E-state index in [0.29, 0.717) is 11.3 Å². The van der Waals surface area contributed by atoms with Gasteiger partial charge in [0.2, 0.25) is 5.91 Å². The third-order valence-electron chi connectivity index (χ3n) is 4.66. The predicted molar refractivity (Wildman–Crippen MR) is 106 cm³/mol. The number of hydrogen-bond donors (Lipinski definition) is 1. The molecular weight excluding hydrogens is 380 g/mol. The van der Waals surface area contributed by atoms with Crippen molar-refractivity contribution >= 4 is 27.4 Å².